The van der Waals surface area contributed by atoms with Gasteiger partial charge in [-0.2, -0.15) is 0 Å². The van der Waals surface area contributed by atoms with E-state index in [1.807, 2.05) is 30.3 Å². The molecule has 1 aromatic heterocycles. The van der Waals surface area contributed by atoms with Crippen molar-refractivity contribution in [3.8, 4) is 17.1 Å². The number of nitrogens with zero attached hydrogens (tertiary/aromatic N) is 3. The fraction of sp³-hybridized carbons (Fsp3) is 0.543. The number of sulfonamides is 1. The van der Waals surface area contributed by atoms with E-state index >= 15 is 0 Å². The molecule has 1 saturated heterocycles. The Kier molecular flexibility index (Phi) is 10.0. The largest absolute Gasteiger partial charge is 0.472 e. The Morgan fingerprint density at radius 3 is 2.32 bits per heavy atom. The molecule has 0 radical (unpaired) electrons. The van der Waals surface area contributed by atoms with Crippen molar-refractivity contribution in [2.75, 3.05) is 6.54 Å². The van der Waals surface area contributed by atoms with Gasteiger partial charge in [-0.15, -0.1) is 6.58 Å². The van der Waals surface area contributed by atoms with Gasteiger partial charge in [0, 0.05) is 24.0 Å². The monoisotopic (exact) mass is 710 g/mol. The molecule has 5 atom stereocenters. The molecule has 15 heteroatoms. The van der Waals surface area contributed by atoms with Gasteiger partial charge in [-0.1, -0.05) is 57.2 Å². The minimum absolute atomic E-state index is 0.0162. The molecular weight excluding hydrogens is 664 g/mol. The SMILES string of the molecule is C=CC1CC1(NC(=O)C1CC(Oc2cc(-c3ccccc3)ncn2)CN1C(=O)C(NC(=O)OC(C)(C)C)C(C)(C)C)C(=O)NS(=O)(=O)C1CC1. The van der Waals surface area contributed by atoms with Gasteiger partial charge < -0.3 is 25.0 Å². The van der Waals surface area contributed by atoms with Gasteiger partial charge in [-0.05, 0) is 45.4 Å². The predicted molar refractivity (Wildman–Crippen MR) is 184 cm³/mol. The van der Waals surface area contributed by atoms with Gasteiger partial charge in [-0.3, -0.25) is 19.1 Å². The lowest BCUT2D eigenvalue weighted by Crippen LogP contribution is -2.60. The fourth-order valence-corrected chi connectivity index (χ4v) is 7.34. The van der Waals surface area contributed by atoms with Gasteiger partial charge in [0.2, 0.25) is 27.7 Å². The molecule has 3 aliphatic rings. The van der Waals surface area contributed by atoms with E-state index in [-0.39, 0.29) is 25.3 Å². The molecule has 5 unspecified atom stereocenters. The highest BCUT2D eigenvalue weighted by Crippen LogP contribution is 2.45. The second-order valence-corrected chi connectivity index (χ2v) is 17.2. The van der Waals surface area contributed by atoms with E-state index in [2.05, 4.69) is 31.9 Å². The molecule has 1 aliphatic heterocycles. The normalized spacial score (nSPS) is 24.0. The van der Waals surface area contributed by atoms with Crippen molar-refractivity contribution in [3.05, 3.63) is 55.4 Å². The zero-order valence-electron chi connectivity index (χ0n) is 29.3. The number of nitrogens with one attached hydrogen (secondary N) is 3. The maximum absolute atomic E-state index is 14.4. The van der Waals surface area contributed by atoms with Crippen molar-refractivity contribution in [2.45, 2.75) is 102 Å². The molecule has 4 amide bonds. The van der Waals surface area contributed by atoms with E-state index in [0.717, 1.165) is 5.56 Å². The number of likely N-dealkylation sites (tertiary alicyclic amines) is 1. The Balaban J connectivity index is 1.42. The Morgan fingerprint density at radius 2 is 1.74 bits per heavy atom. The number of amides is 4. The molecule has 2 heterocycles. The molecule has 270 valence electrons. The molecule has 0 spiro atoms. The van der Waals surface area contributed by atoms with Crippen LogP contribution >= 0.6 is 0 Å². The second kappa shape index (κ2) is 13.6. The molecule has 14 nitrogen and oxygen atoms in total. The van der Waals surface area contributed by atoms with Crippen LogP contribution in [0.4, 0.5) is 4.79 Å². The van der Waals surface area contributed by atoms with E-state index in [1.165, 1.54) is 17.3 Å². The Labute approximate surface area is 292 Å². The molecular formula is C35H46N6O8S. The number of rotatable bonds is 11. The third kappa shape index (κ3) is 8.42. The predicted octanol–water partition coefficient (Wildman–Crippen LogP) is 3.10. The van der Waals surface area contributed by atoms with Crippen LogP contribution in [-0.2, 0) is 29.1 Å². The quantitative estimate of drug-likeness (QED) is 0.293. The minimum Gasteiger partial charge on any atom is -0.472 e. The van der Waals surface area contributed by atoms with Crippen molar-refractivity contribution in [1.29, 1.82) is 0 Å². The van der Waals surface area contributed by atoms with Crippen LogP contribution in [0.5, 0.6) is 5.88 Å². The van der Waals surface area contributed by atoms with Crippen LogP contribution in [0.2, 0.25) is 0 Å². The van der Waals surface area contributed by atoms with Crippen LogP contribution in [0, 0.1) is 11.3 Å². The van der Waals surface area contributed by atoms with E-state index < -0.39 is 79.7 Å². The highest BCUT2D eigenvalue weighted by molar-refractivity contribution is 7.91. The molecule has 3 fully saturated rings. The van der Waals surface area contributed by atoms with E-state index in [4.69, 9.17) is 9.47 Å². The first-order chi connectivity index (χ1) is 23.3. The van der Waals surface area contributed by atoms with Crippen molar-refractivity contribution in [2.24, 2.45) is 11.3 Å². The molecule has 2 aliphatic carbocycles. The smallest absolute Gasteiger partial charge is 0.408 e. The first kappa shape index (κ1) is 36.7. The number of hydrogen-bond donors (Lipinski definition) is 3. The van der Waals surface area contributed by atoms with Crippen LogP contribution in [0.25, 0.3) is 11.3 Å². The summed E-state index contributed by atoms with van der Waals surface area (Å²) in [5.74, 6) is -2.38. The average molecular weight is 711 g/mol. The van der Waals surface area contributed by atoms with Crippen LogP contribution in [0.1, 0.15) is 67.2 Å². The number of aromatic nitrogens is 2. The number of hydrogen-bond acceptors (Lipinski definition) is 10. The molecule has 50 heavy (non-hydrogen) atoms. The summed E-state index contributed by atoms with van der Waals surface area (Å²) in [4.78, 5) is 64.7. The number of carbonyl (C=O) groups excluding carboxylic acids is 4. The highest BCUT2D eigenvalue weighted by Gasteiger charge is 2.62. The molecule has 3 N–H and O–H groups in total. The van der Waals surface area contributed by atoms with Crippen molar-refractivity contribution in [3.63, 3.8) is 0 Å². The topological polar surface area (TPSA) is 186 Å². The number of ether oxygens (including phenoxy) is 2. The van der Waals surface area contributed by atoms with E-state index in [1.54, 1.807) is 47.6 Å². The average Bonchev–Trinajstić information content (AvgIpc) is 3.96. The molecule has 0 bridgehead atoms. The zero-order chi connectivity index (χ0) is 36.6. The summed E-state index contributed by atoms with van der Waals surface area (Å²) in [6.45, 7) is 14.1. The summed E-state index contributed by atoms with van der Waals surface area (Å²) in [6.07, 6.45) is 2.41. The number of carbonyl (C=O) groups is 4. The van der Waals surface area contributed by atoms with Gasteiger partial charge in [0.1, 0.15) is 35.7 Å². The van der Waals surface area contributed by atoms with E-state index in [0.29, 0.717) is 18.5 Å². The maximum atomic E-state index is 14.4. The number of alkyl carbamates (subject to hydrolysis) is 1. The summed E-state index contributed by atoms with van der Waals surface area (Å²) >= 11 is 0. The lowest BCUT2D eigenvalue weighted by atomic mass is 9.85. The van der Waals surface area contributed by atoms with Crippen molar-refractivity contribution >= 4 is 33.8 Å². The number of benzene rings is 1. The molecule has 2 saturated carbocycles. The Hall–Kier alpha value is -4.53. The summed E-state index contributed by atoms with van der Waals surface area (Å²) < 4.78 is 39.1. The second-order valence-electron chi connectivity index (χ2n) is 15.2. The summed E-state index contributed by atoms with van der Waals surface area (Å²) in [6, 6.07) is 8.83. The lowest BCUT2D eigenvalue weighted by molar-refractivity contribution is -0.143. The first-order valence-corrected chi connectivity index (χ1v) is 18.2. The first-order valence-electron chi connectivity index (χ1n) is 16.7. The minimum atomic E-state index is -3.89. The Morgan fingerprint density at radius 1 is 1.06 bits per heavy atom. The van der Waals surface area contributed by atoms with Crippen LogP contribution in [0.3, 0.4) is 0 Å². The lowest BCUT2D eigenvalue weighted by Gasteiger charge is -2.36. The van der Waals surface area contributed by atoms with Crippen LogP contribution in [-0.4, -0.2) is 88.2 Å². The third-order valence-electron chi connectivity index (χ3n) is 8.87. The van der Waals surface area contributed by atoms with Crippen LogP contribution < -0.4 is 20.1 Å². The Bertz CT molecular complexity index is 1750. The van der Waals surface area contributed by atoms with Gasteiger partial charge in [0.15, 0.2) is 0 Å². The molecule has 2 aromatic rings. The van der Waals surface area contributed by atoms with Gasteiger partial charge in [-0.25, -0.2) is 23.2 Å². The van der Waals surface area contributed by atoms with E-state index in [9.17, 15) is 27.6 Å². The highest BCUT2D eigenvalue weighted by atomic mass is 32.2. The summed E-state index contributed by atoms with van der Waals surface area (Å²) in [5.41, 5.74) is -1.73. The van der Waals surface area contributed by atoms with Crippen LogP contribution in [0.15, 0.2) is 55.4 Å². The van der Waals surface area contributed by atoms with Gasteiger partial charge in [0.25, 0.3) is 5.91 Å². The zero-order valence-corrected chi connectivity index (χ0v) is 30.1. The van der Waals surface area contributed by atoms with Gasteiger partial charge in [0.05, 0.1) is 17.5 Å². The summed E-state index contributed by atoms with van der Waals surface area (Å²) in [5, 5.41) is 4.81. The van der Waals surface area contributed by atoms with Gasteiger partial charge >= 0.3 is 6.09 Å². The van der Waals surface area contributed by atoms with Crippen molar-refractivity contribution in [1.82, 2.24) is 30.2 Å². The third-order valence-corrected chi connectivity index (χ3v) is 10.7. The maximum Gasteiger partial charge on any atom is 0.408 e. The standard InChI is InChI=1S/C35H46N6O8S/c1-8-22-18-35(22,31(44)40-50(46,47)24-14-15-24)39-29(42)26-16-23(48-27-17-25(36-20-37-27)21-12-10-9-11-13-21)19-41(26)30(43)28(33(2,3)4)38-32(45)49-34(5,6)7/h8-13,17,20,22-24,26,28H,1,14-16,18-19H2,2-7H3,(H,38,45)(H,39,42)(H,40,44). The fourth-order valence-electron chi connectivity index (χ4n) is 5.98. The van der Waals surface area contributed by atoms with Crippen molar-refractivity contribution < 1.29 is 37.1 Å². The molecule has 5 rings (SSSR count). The molecule has 1 aromatic carbocycles. The summed E-state index contributed by atoms with van der Waals surface area (Å²) in [7, 11) is -3.89.